The summed E-state index contributed by atoms with van der Waals surface area (Å²) in [5.41, 5.74) is 0.619. The number of halogens is 1. The third kappa shape index (κ3) is 2.14. The van der Waals surface area contributed by atoms with Gasteiger partial charge < -0.3 is 9.26 Å². The molecule has 0 saturated carbocycles. The number of nitrogens with zero attached hydrogens (tertiary/aromatic N) is 3. The molecular formula is C9H8ClN3O2. The van der Waals surface area contributed by atoms with Crippen molar-refractivity contribution >= 4 is 11.6 Å². The Kier molecular flexibility index (Phi) is 2.94. The minimum atomic E-state index is 0.307. The average molecular weight is 226 g/mol. The molecular weight excluding hydrogens is 218 g/mol. The van der Waals surface area contributed by atoms with Crippen molar-refractivity contribution in [2.75, 3.05) is 7.11 Å². The van der Waals surface area contributed by atoms with E-state index in [2.05, 4.69) is 15.1 Å². The molecule has 0 spiro atoms. The topological polar surface area (TPSA) is 61.0 Å². The fourth-order valence-electron chi connectivity index (χ4n) is 1.10. The normalized spacial score (nSPS) is 10.5. The molecule has 0 aromatic carbocycles. The SMILES string of the molecule is COCc1noc(-c2cccnc2Cl)n1. The number of methoxy groups -OCH3 is 1. The fraction of sp³-hybridized carbons (Fsp3) is 0.222. The molecule has 0 aliphatic heterocycles. The zero-order valence-corrected chi connectivity index (χ0v) is 8.73. The summed E-state index contributed by atoms with van der Waals surface area (Å²) in [5, 5.41) is 4.06. The van der Waals surface area contributed by atoms with Crippen LogP contribution in [0.2, 0.25) is 5.15 Å². The van der Waals surface area contributed by atoms with E-state index in [-0.39, 0.29) is 0 Å². The van der Waals surface area contributed by atoms with Crippen molar-refractivity contribution in [1.29, 1.82) is 0 Å². The zero-order valence-electron chi connectivity index (χ0n) is 7.98. The van der Waals surface area contributed by atoms with Crippen LogP contribution in [-0.4, -0.2) is 22.2 Å². The number of rotatable bonds is 3. The minimum absolute atomic E-state index is 0.307. The van der Waals surface area contributed by atoms with Crippen LogP contribution in [-0.2, 0) is 11.3 Å². The van der Waals surface area contributed by atoms with Gasteiger partial charge in [0.05, 0.1) is 5.56 Å². The standard InChI is InChI=1S/C9H8ClN3O2/c1-14-5-7-12-9(15-13-7)6-3-2-4-11-8(6)10/h2-4H,5H2,1H3. The number of ether oxygens (including phenoxy) is 1. The number of hydrogen-bond acceptors (Lipinski definition) is 5. The van der Waals surface area contributed by atoms with E-state index < -0.39 is 0 Å². The summed E-state index contributed by atoms with van der Waals surface area (Å²) in [6.45, 7) is 0.307. The van der Waals surface area contributed by atoms with Gasteiger partial charge in [-0.1, -0.05) is 16.8 Å². The molecule has 0 saturated heterocycles. The first-order valence-corrected chi connectivity index (χ1v) is 4.61. The van der Waals surface area contributed by atoms with Gasteiger partial charge >= 0.3 is 0 Å². The summed E-state index contributed by atoms with van der Waals surface area (Å²) in [7, 11) is 1.56. The van der Waals surface area contributed by atoms with Crippen molar-refractivity contribution in [3.05, 3.63) is 29.3 Å². The highest BCUT2D eigenvalue weighted by molar-refractivity contribution is 6.31. The molecule has 5 nitrogen and oxygen atoms in total. The Morgan fingerprint density at radius 2 is 2.40 bits per heavy atom. The average Bonchev–Trinajstić information content (AvgIpc) is 2.68. The van der Waals surface area contributed by atoms with Crippen molar-refractivity contribution in [2.45, 2.75) is 6.61 Å². The van der Waals surface area contributed by atoms with E-state index >= 15 is 0 Å². The first-order valence-electron chi connectivity index (χ1n) is 4.23. The van der Waals surface area contributed by atoms with Gasteiger partial charge in [-0.15, -0.1) is 0 Å². The highest BCUT2D eigenvalue weighted by Gasteiger charge is 2.11. The van der Waals surface area contributed by atoms with Gasteiger partial charge in [-0.25, -0.2) is 4.98 Å². The maximum atomic E-state index is 5.87. The Labute approximate surface area is 91.0 Å². The van der Waals surface area contributed by atoms with E-state index in [0.29, 0.717) is 29.0 Å². The van der Waals surface area contributed by atoms with Crippen molar-refractivity contribution in [2.24, 2.45) is 0 Å². The van der Waals surface area contributed by atoms with Gasteiger partial charge in [0.15, 0.2) is 5.82 Å². The van der Waals surface area contributed by atoms with Crippen LogP contribution in [0.1, 0.15) is 5.82 Å². The first-order chi connectivity index (χ1) is 7.31. The molecule has 6 heteroatoms. The van der Waals surface area contributed by atoms with Crippen molar-refractivity contribution in [1.82, 2.24) is 15.1 Å². The molecule has 2 aromatic heterocycles. The Hall–Kier alpha value is -1.46. The van der Waals surface area contributed by atoms with Gasteiger partial charge in [0.2, 0.25) is 0 Å². The molecule has 0 aliphatic carbocycles. The van der Waals surface area contributed by atoms with Crippen LogP contribution in [0.5, 0.6) is 0 Å². The summed E-state index contributed by atoms with van der Waals surface area (Å²) < 4.78 is 9.89. The highest BCUT2D eigenvalue weighted by atomic mass is 35.5. The van der Waals surface area contributed by atoms with Gasteiger partial charge in [-0.3, -0.25) is 0 Å². The molecule has 0 N–H and O–H groups in total. The zero-order chi connectivity index (χ0) is 10.7. The third-order valence-electron chi connectivity index (χ3n) is 1.73. The van der Waals surface area contributed by atoms with Crippen LogP contribution in [0.15, 0.2) is 22.9 Å². The lowest BCUT2D eigenvalue weighted by atomic mass is 10.3. The fourth-order valence-corrected chi connectivity index (χ4v) is 1.30. The van der Waals surface area contributed by atoms with E-state index in [1.54, 1.807) is 25.4 Å². The van der Waals surface area contributed by atoms with Crippen molar-refractivity contribution in [3.63, 3.8) is 0 Å². The van der Waals surface area contributed by atoms with Gasteiger partial charge in [0.25, 0.3) is 5.89 Å². The molecule has 78 valence electrons. The maximum Gasteiger partial charge on any atom is 0.261 e. The Bertz CT molecular complexity index is 458. The van der Waals surface area contributed by atoms with Crippen LogP contribution in [0.3, 0.4) is 0 Å². The summed E-state index contributed by atoms with van der Waals surface area (Å²) in [6.07, 6.45) is 1.60. The van der Waals surface area contributed by atoms with E-state index in [1.807, 2.05) is 0 Å². The monoisotopic (exact) mass is 225 g/mol. The third-order valence-corrected chi connectivity index (χ3v) is 2.03. The Morgan fingerprint density at radius 3 is 3.13 bits per heavy atom. The predicted octanol–water partition coefficient (Wildman–Crippen LogP) is 1.93. The molecule has 0 unspecified atom stereocenters. The maximum absolute atomic E-state index is 5.87. The largest absolute Gasteiger partial charge is 0.377 e. The second-order valence-corrected chi connectivity index (χ2v) is 3.15. The molecule has 0 atom stereocenters. The second-order valence-electron chi connectivity index (χ2n) is 2.79. The molecule has 0 radical (unpaired) electrons. The Morgan fingerprint density at radius 1 is 1.53 bits per heavy atom. The van der Waals surface area contributed by atoms with E-state index in [9.17, 15) is 0 Å². The molecule has 0 amide bonds. The molecule has 2 rings (SSSR count). The van der Waals surface area contributed by atoms with Crippen LogP contribution in [0.4, 0.5) is 0 Å². The van der Waals surface area contributed by atoms with Gasteiger partial charge in [-0.2, -0.15) is 4.98 Å². The lowest BCUT2D eigenvalue weighted by molar-refractivity contribution is 0.174. The molecule has 2 heterocycles. The lowest BCUT2D eigenvalue weighted by Gasteiger charge is -1.94. The lowest BCUT2D eigenvalue weighted by Crippen LogP contribution is -1.89. The van der Waals surface area contributed by atoms with Gasteiger partial charge in [0.1, 0.15) is 11.8 Å². The number of pyridine rings is 1. The molecule has 0 aliphatic rings. The Balaban J connectivity index is 2.33. The summed E-state index contributed by atoms with van der Waals surface area (Å²) >= 11 is 5.87. The van der Waals surface area contributed by atoms with E-state index in [1.165, 1.54) is 0 Å². The van der Waals surface area contributed by atoms with Gasteiger partial charge in [-0.05, 0) is 12.1 Å². The van der Waals surface area contributed by atoms with Crippen LogP contribution in [0.25, 0.3) is 11.5 Å². The summed E-state index contributed by atoms with van der Waals surface area (Å²) in [4.78, 5) is 8.02. The predicted molar refractivity (Wildman–Crippen MR) is 53.3 cm³/mol. The van der Waals surface area contributed by atoms with Crippen molar-refractivity contribution < 1.29 is 9.26 Å². The second kappa shape index (κ2) is 4.37. The quantitative estimate of drug-likeness (QED) is 0.747. The van der Waals surface area contributed by atoms with E-state index in [0.717, 1.165) is 0 Å². The van der Waals surface area contributed by atoms with Crippen LogP contribution >= 0.6 is 11.6 Å². The van der Waals surface area contributed by atoms with Crippen LogP contribution < -0.4 is 0 Å². The first kappa shape index (κ1) is 10.1. The van der Waals surface area contributed by atoms with Gasteiger partial charge in [0, 0.05) is 13.3 Å². The molecule has 2 aromatic rings. The summed E-state index contributed by atoms with van der Waals surface area (Å²) in [5.74, 6) is 0.826. The molecule has 0 bridgehead atoms. The van der Waals surface area contributed by atoms with E-state index in [4.69, 9.17) is 20.9 Å². The summed E-state index contributed by atoms with van der Waals surface area (Å²) in [6, 6.07) is 3.51. The number of hydrogen-bond donors (Lipinski definition) is 0. The minimum Gasteiger partial charge on any atom is -0.377 e. The van der Waals surface area contributed by atoms with Crippen molar-refractivity contribution in [3.8, 4) is 11.5 Å². The number of aromatic nitrogens is 3. The smallest absolute Gasteiger partial charge is 0.261 e. The van der Waals surface area contributed by atoms with Crippen LogP contribution in [0, 0.1) is 0 Å². The highest BCUT2D eigenvalue weighted by Crippen LogP contribution is 2.23. The molecule has 0 fully saturated rings. The molecule has 15 heavy (non-hydrogen) atoms.